The zero-order chi connectivity index (χ0) is 27.2. The molecule has 0 radical (unpaired) electrons. The predicted molar refractivity (Wildman–Crippen MR) is 135 cm³/mol. The number of hydrogen-bond acceptors (Lipinski definition) is 9. The lowest BCUT2D eigenvalue weighted by atomic mass is 10.2. The third-order valence-corrected chi connectivity index (χ3v) is 7.06. The molecule has 0 saturated carbocycles. The Morgan fingerprint density at radius 2 is 1.49 bits per heavy atom. The van der Waals surface area contributed by atoms with Crippen LogP contribution in [0.3, 0.4) is 0 Å². The maximum atomic E-state index is 13.8. The molecule has 3 rings (SSSR count). The van der Waals surface area contributed by atoms with Crippen molar-refractivity contribution in [3.8, 4) is 23.0 Å². The van der Waals surface area contributed by atoms with Gasteiger partial charge in [0.05, 0.1) is 44.7 Å². The smallest absolute Gasteiger partial charge is 0.289 e. The first-order valence-electron chi connectivity index (χ1n) is 10.7. The van der Waals surface area contributed by atoms with Crippen LogP contribution in [-0.4, -0.2) is 54.2 Å². The number of anilines is 2. The Bertz CT molecular complexity index is 1410. The Labute approximate surface area is 213 Å². The number of nitro groups is 1. The second kappa shape index (κ2) is 11.5. The lowest BCUT2D eigenvalue weighted by Crippen LogP contribution is -2.38. The first-order valence-corrected chi connectivity index (χ1v) is 12.1. The molecule has 196 valence electrons. The average Bonchev–Trinajstić information content (AvgIpc) is 2.91. The fourth-order valence-corrected chi connectivity index (χ4v) is 5.05. The summed E-state index contributed by atoms with van der Waals surface area (Å²) in [7, 11) is 0.975. The number of methoxy groups -OCH3 is 4. The highest BCUT2D eigenvalue weighted by Gasteiger charge is 2.34. The van der Waals surface area contributed by atoms with E-state index in [1.807, 2.05) is 0 Å². The van der Waals surface area contributed by atoms with Crippen molar-refractivity contribution in [1.29, 1.82) is 0 Å². The molecule has 1 amide bonds. The van der Waals surface area contributed by atoms with E-state index in [1.165, 1.54) is 64.8 Å². The molecule has 0 fully saturated rings. The van der Waals surface area contributed by atoms with Gasteiger partial charge in [-0.2, -0.15) is 0 Å². The highest BCUT2D eigenvalue weighted by molar-refractivity contribution is 7.93. The van der Waals surface area contributed by atoms with E-state index in [1.54, 1.807) is 12.1 Å². The summed E-state index contributed by atoms with van der Waals surface area (Å²) >= 11 is 0. The maximum Gasteiger partial charge on any atom is 0.289 e. The predicted octanol–water partition coefficient (Wildman–Crippen LogP) is 3.46. The average molecular weight is 532 g/mol. The van der Waals surface area contributed by atoms with E-state index in [0.29, 0.717) is 11.5 Å². The molecule has 0 aliphatic carbocycles. The lowest BCUT2D eigenvalue weighted by Gasteiger charge is -2.26. The standard InChI is InChI=1S/C24H25N3O9S/c1-33-16-9-11-18(21(13-16)35-3)25-24(28)15-26(19-12-10-17(34-2)14-22(19)36-4)37(31,32)23-8-6-5-7-20(23)27(29)30/h5-14H,15H2,1-4H3,(H,25,28). The van der Waals surface area contributed by atoms with Crippen LogP contribution in [0.2, 0.25) is 0 Å². The van der Waals surface area contributed by atoms with E-state index in [9.17, 15) is 23.3 Å². The summed E-state index contributed by atoms with van der Waals surface area (Å²) in [6.07, 6.45) is 0. The minimum atomic E-state index is -4.64. The molecule has 0 aliphatic heterocycles. The Morgan fingerprint density at radius 3 is 2.08 bits per heavy atom. The monoisotopic (exact) mass is 531 g/mol. The van der Waals surface area contributed by atoms with Crippen LogP contribution in [-0.2, 0) is 14.8 Å². The van der Waals surface area contributed by atoms with Crippen LogP contribution >= 0.6 is 0 Å². The number of nitrogens with zero attached hydrogens (tertiary/aromatic N) is 2. The molecule has 0 atom stereocenters. The van der Waals surface area contributed by atoms with Crippen molar-refractivity contribution in [3.05, 3.63) is 70.8 Å². The normalized spacial score (nSPS) is 10.8. The largest absolute Gasteiger partial charge is 0.497 e. The molecular weight excluding hydrogens is 506 g/mol. The quantitative estimate of drug-likeness (QED) is 0.290. The van der Waals surface area contributed by atoms with E-state index < -0.39 is 38.0 Å². The molecule has 3 aromatic carbocycles. The van der Waals surface area contributed by atoms with Gasteiger partial charge < -0.3 is 24.3 Å². The number of sulfonamides is 1. The summed E-state index contributed by atoms with van der Waals surface area (Å²) in [5.41, 5.74) is -0.409. The van der Waals surface area contributed by atoms with Gasteiger partial charge in [-0.3, -0.25) is 19.2 Å². The first kappa shape index (κ1) is 27.1. The Balaban J connectivity index is 2.10. The van der Waals surface area contributed by atoms with Gasteiger partial charge in [0.25, 0.3) is 15.7 Å². The van der Waals surface area contributed by atoms with Crippen LogP contribution in [0.15, 0.2) is 65.6 Å². The van der Waals surface area contributed by atoms with Crippen molar-refractivity contribution in [2.24, 2.45) is 0 Å². The molecular formula is C24H25N3O9S. The molecule has 37 heavy (non-hydrogen) atoms. The fourth-order valence-electron chi connectivity index (χ4n) is 3.46. The van der Waals surface area contributed by atoms with Crippen LogP contribution in [0.25, 0.3) is 0 Å². The van der Waals surface area contributed by atoms with Crippen molar-refractivity contribution >= 4 is 33.0 Å². The summed E-state index contributed by atoms with van der Waals surface area (Å²) < 4.78 is 49.3. The maximum absolute atomic E-state index is 13.8. The number of amides is 1. The molecule has 0 heterocycles. The van der Waals surface area contributed by atoms with E-state index in [2.05, 4.69) is 5.32 Å². The summed E-state index contributed by atoms with van der Waals surface area (Å²) in [6, 6.07) is 13.8. The number of ether oxygens (including phenoxy) is 4. The number of nitro benzene ring substituents is 1. The third kappa shape index (κ3) is 5.83. The molecule has 1 N–H and O–H groups in total. The molecule has 0 unspecified atom stereocenters. The van der Waals surface area contributed by atoms with Crippen molar-refractivity contribution < 1.29 is 37.1 Å². The van der Waals surface area contributed by atoms with Crippen molar-refractivity contribution in [3.63, 3.8) is 0 Å². The second-order valence-corrected chi connectivity index (χ2v) is 9.22. The third-order valence-electron chi connectivity index (χ3n) is 5.26. The van der Waals surface area contributed by atoms with Crippen molar-refractivity contribution in [2.45, 2.75) is 4.90 Å². The number of hydrogen-bond donors (Lipinski definition) is 1. The van der Waals surface area contributed by atoms with Gasteiger partial charge in [0.1, 0.15) is 29.5 Å². The summed E-state index contributed by atoms with van der Waals surface area (Å²) in [4.78, 5) is 23.3. The first-order chi connectivity index (χ1) is 17.7. The second-order valence-electron chi connectivity index (χ2n) is 7.39. The fraction of sp³-hybridized carbons (Fsp3) is 0.208. The van der Waals surface area contributed by atoms with Gasteiger partial charge >= 0.3 is 0 Å². The van der Waals surface area contributed by atoms with Gasteiger partial charge in [0, 0.05) is 18.2 Å². The van der Waals surface area contributed by atoms with E-state index in [4.69, 9.17) is 18.9 Å². The molecule has 0 spiro atoms. The van der Waals surface area contributed by atoms with Crippen molar-refractivity contribution in [1.82, 2.24) is 0 Å². The summed E-state index contributed by atoms with van der Waals surface area (Å²) in [6.45, 7) is -0.744. The van der Waals surface area contributed by atoms with E-state index in [-0.39, 0.29) is 22.9 Å². The SMILES string of the molecule is COc1ccc(NC(=O)CN(c2ccc(OC)cc2OC)S(=O)(=O)c2ccccc2[N+](=O)[O-])c(OC)c1. The molecule has 0 aliphatic rings. The molecule has 0 saturated heterocycles. The molecule has 0 aromatic heterocycles. The minimum Gasteiger partial charge on any atom is -0.497 e. The van der Waals surface area contributed by atoms with Crippen LogP contribution in [0.1, 0.15) is 0 Å². The molecule has 0 bridgehead atoms. The van der Waals surface area contributed by atoms with Crippen molar-refractivity contribution in [2.75, 3.05) is 44.6 Å². The lowest BCUT2D eigenvalue weighted by molar-refractivity contribution is -0.387. The number of benzene rings is 3. The van der Waals surface area contributed by atoms with Crippen LogP contribution < -0.4 is 28.6 Å². The van der Waals surface area contributed by atoms with Gasteiger partial charge in [0.2, 0.25) is 5.91 Å². The summed E-state index contributed by atoms with van der Waals surface area (Å²) in [5.74, 6) is 0.456. The van der Waals surface area contributed by atoms with E-state index >= 15 is 0 Å². The number of carbonyl (C=O) groups excluding carboxylic acids is 1. The number of rotatable bonds is 11. The Kier molecular flexibility index (Phi) is 8.40. The van der Waals surface area contributed by atoms with Crippen LogP contribution in [0.5, 0.6) is 23.0 Å². The topological polar surface area (TPSA) is 147 Å². The number of carbonyl (C=O) groups is 1. The molecule has 13 heteroatoms. The zero-order valence-electron chi connectivity index (χ0n) is 20.5. The van der Waals surface area contributed by atoms with Crippen LogP contribution in [0, 0.1) is 10.1 Å². The molecule has 12 nitrogen and oxygen atoms in total. The van der Waals surface area contributed by atoms with Gasteiger partial charge in [-0.05, 0) is 30.3 Å². The zero-order valence-corrected chi connectivity index (χ0v) is 21.3. The molecule has 3 aromatic rings. The number of nitrogens with one attached hydrogen (secondary N) is 1. The Hall–Kier alpha value is -4.52. The van der Waals surface area contributed by atoms with Gasteiger partial charge in [-0.25, -0.2) is 8.42 Å². The minimum absolute atomic E-state index is 0.0294. The van der Waals surface area contributed by atoms with Gasteiger partial charge in [0.15, 0.2) is 4.90 Å². The summed E-state index contributed by atoms with van der Waals surface area (Å²) in [5, 5.41) is 14.2. The number of para-hydroxylation sites is 1. The van der Waals surface area contributed by atoms with E-state index in [0.717, 1.165) is 16.4 Å². The Morgan fingerprint density at radius 1 is 0.892 bits per heavy atom. The van der Waals surface area contributed by atoms with Gasteiger partial charge in [-0.1, -0.05) is 12.1 Å². The van der Waals surface area contributed by atoms with Gasteiger partial charge in [-0.15, -0.1) is 0 Å². The highest BCUT2D eigenvalue weighted by Crippen LogP contribution is 2.37. The highest BCUT2D eigenvalue weighted by atomic mass is 32.2. The van der Waals surface area contributed by atoms with Crippen LogP contribution in [0.4, 0.5) is 17.1 Å².